The van der Waals surface area contributed by atoms with Crippen molar-refractivity contribution < 1.29 is 14.3 Å². The fraction of sp³-hybridized carbons (Fsp3) is 0.500. The highest BCUT2D eigenvalue weighted by atomic mass is 79.9. The first-order valence-corrected chi connectivity index (χ1v) is 7.47. The highest BCUT2D eigenvalue weighted by Crippen LogP contribution is 2.20. The molecule has 6 heteroatoms. The van der Waals surface area contributed by atoms with E-state index < -0.39 is 0 Å². The van der Waals surface area contributed by atoms with Crippen molar-refractivity contribution in [2.24, 2.45) is 5.92 Å². The molecular weight excluding hydrogens is 324 g/mol. The molecule has 0 bridgehead atoms. The summed E-state index contributed by atoms with van der Waals surface area (Å²) in [6.07, 6.45) is 4.77. The molecule has 0 spiro atoms. The van der Waals surface area contributed by atoms with Crippen molar-refractivity contribution in [1.82, 2.24) is 9.88 Å². The lowest BCUT2D eigenvalue weighted by molar-refractivity contribution is -0.149. The van der Waals surface area contributed by atoms with E-state index in [4.69, 9.17) is 4.74 Å². The maximum atomic E-state index is 12.4. The summed E-state index contributed by atoms with van der Waals surface area (Å²) < 4.78 is 5.80. The first kappa shape index (κ1) is 15.0. The highest BCUT2D eigenvalue weighted by Gasteiger charge is 2.29. The minimum absolute atomic E-state index is 0.0900. The number of pyridine rings is 1. The Morgan fingerprint density at radius 1 is 1.50 bits per heavy atom. The van der Waals surface area contributed by atoms with Gasteiger partial charge in [0, 0.05) is 30.0 Å². The summed E-state index contributed by atoms with van der Waals surface area (Å²) in [4.78, 5) is 29.9. The van der Waals surface area contributed by atoms with E-state index in [0.717, 1.165) is 17.3 Å². The van der Waals surface area contributed by atoms with Crippen molar-refractivity contribution in [3.05, 3.63) is 28.5 Å². The van der Waals surface area contributed by atoms with Crippen LogP contribution in [-0.2, 0) is 9.53 Å². The summed E-state index contributed by atoms with van der Waals surface area (Å²) in [6.45, 7) is 3.25. The van der Waals surface area contributed by atoms with Crippen LogP contribution < -0.4 is 0 Å². The van der Waals surface area contributed by atoms with Crippen LogP contribution in [0.5, 0.6) is 0 Å². The molecule has 0 saturated carbocycles. The second-order valence-corrected chi connectivity index (χ2v) is 5.65. The largest absolute Gasteiger partial charge is 0.466 e. The third-order valence-corrected chi connectivity index (χ3v) is 3.71. The lowest BCUT2D eigenvalue weighted by atomic mass is 9.97. The maximum Gasteiger partial charge on any atom is 0.310 e. The molecule has 1 amide bonds. The number of esters is 1. The fourth-order valence-corrected chi connectivity index (χ4v) is 2.69. The molecule has 1 saturated heterocycles. The molecule has 0 aliphatic carbocycles. The van der Waals surface area contributed by atoms with Crippen LogP contribution in [0.15, 0.2) is 22.9 Å². The van der Waals surface area contributed by atoms with Gasteiger partial charge in [0.1, 0.15) is 0 Å². The second-order valence-electron chi connectivity index (χ2n) is 4.73. The number of aromatic nitrogens is 1. The zero-order valence-electron chi connectivity index (χ0n) is 11.3. The van der Waals surface area contributed by atoms with E-state index in [9.17, 15) is 9.59 Å². The van der Waals surface area contributed by atoms with Crippen molar-refractivity contribution in [1.29, 1.82) is 0 Å². The van der Waals surface area contributed by atoms with Crippen LogP contribution in [-0.4, -0.2) is 41.5 Å². The number of nitrogens with zero attached hydrogens (tertiary/aromatic N) is 2. The molecule has 1 aromatic heterocycles. The summed E-state index contributed by atoms with van der Waals surface area (Å²) in [5, 5.41) is 0. The Balaban J connectivity index is 2.05. The van der Waals surface area contributed by atoms with Gasteiger partial charge >= 0.3 is 5.97 Å². The Hall–Kier alpha value is -1.43. The molecular formula is C14H17BrN2O3. The first-order valence-electron chi connectivity index (χ1n) is 6.68. The van der Waals surface area contributed by atoms with Gasteiger partial charge in [0.05, 0.1) is 18.1 Å². The fourth-order valence-electron chi connectivity index (χ4n) is 2.33. The normalized spacial score (nSPS) is 18.7. The van der Waals surface area contributed by atoms with Gasteiger partial charge in [-0.3, -0.25) is 14.6 Å². The van der Waals surface area contributed by atoms with Gasteiger partial charge in [-0.05, 0) is 41.8 Å². The highest BCUT2D eigenvalue weighted by molar-refractivity contribution is 9.10. The second kappa shape index (κ2) is 6.83. The molecule has 1 aliphatic heterocycles. The molecule has 0 radical (unpaired) electrons. The van der Waals surface area contributed by atoms with Gasteiger partial charge in [-0.25, -0.2) is 0 Å². The molecule has 0 aromatic carbocycles. The number of likely N-dealkylation sites (tertiary alicyclic amines) is 1. The average molecular weight is 341 g/mol. The number of carbonyl (C=O) groups excluding carboxylic acids is 2. The van der Waals surface area contributed by atoms with Gasteiger partial charge in [0.2, 0.25) is 0 Å². The van der Waals surface area contributed by atoms with E-state index in [-0.39, 0.29) is 17.8 Å². The van der Waals surface area contributed by atoms with E-state index >= 15 is 0 Å². The lowest BCUT2D eigenvalue weighted by Crippen LogP contribution is -2.42. The lowest BCUT2D eigenvalue weighted by Gasteiger charge is -2.31. The van der Waals surface area contributed by atoms with Crippen LogP contribution in [0.2, 0.25) is 0 Å². The van der Waals surface area contributed by atoms with Gasteiger partial charge in [-0.15, -0.1) is 0 Å². The summed E-state index contributed by atoms with van der Waals surface area (Å²) in [6, 6.07) is 1.74. The Kier molecular flexibility index (Phi) is 5.11. The van der Waals surface area contributed by atoms with Crippen LogP contribution in [0.3, 0.4) is 0 Å². The van der Waals surface area contributed by atoms with E-state index in [2.05, 4.69) is 20.9 Å². The average Bonchev–Trinajstić information content (AvgIpc) is 2.47. The number of amides is 1. The third kappa shape index (κ3) is 3.56. The molecule has 0 unspecified atom stereocenters. The minimum Gasteiger partial charge on any atom is -0.466 e. The van der Waals surface area contributed by atoms with Crippen molar-refractivity contribution in [3.63, 3.8) is 0 Å². The number of rotatable bonds is 3. The van der Waals surface area contributed by atoms with E-state index in [1.54, 1.807) is 30.3 Å². The van der Waals surface area contributed by atoms with Gasteiger partial charge in [0.15, 0.2) is 0 Å². The number of halogens is 1. The Morgan fingerprint density at radius 2 is 2.30 bits per heavy atom. The number of hydrogen-bond donors (Lipinski definition) is 0. The van der Waals surface area contributed by atoms with E-state index in [0.29, 0.717) is 25.3 Å². The van der Waals surface area contributed by atoms with Crippen molar-refractivity contribution in [2.75, 3.05) is 19.7 Å². The number of carbonyl (C=O) groups is 2. The molecule has 5 nitrogen and oxygen atoms in total. The topological polar surface area (TPSA) is 59.5 Å². The first-order chi connectivity index (χ1) is 9.61. The van der Waals surface area contributed by atoms with Crippen LogP contribution in [0.4, 0.5) is 0 Å². The summed E-state index contributed by atoms with van der Waals surface area (Å²) in [7, 11) is 0. The zero-order chi connectivity index (χ0) is 14.5. The predicted octanol–water partition coefficient (Wildman–Crippen LogP) is 2.26. The van der Waals surface area contributed by atoms with E-state index in [1.165, 1.54) is 0 Å². The molecule has 1 fully saturated rings. The van der Waals surface area contributed by atoms with Crippen LogP contribution in [0, 0.1) is 5.92 Å². The smallest absolute Gasteiger partial charge is 0.310 e. The van der Waals surface area contributed by atoms with Crippen molar-refractivity contribution in [3.8, 4) is 0 Å². The molecule has 0 N–H and O–H groups in total. The van der Waals surface area contributed by atoms with Gasteiger partial charge in [0.25, 0.3) is 5.91 Å². The molecule has 2 heterocycles. The Bertz CT molecular complexity index is 507. The quantitative estimate of drug-likeness (QED) is 0.792. The minimum atomic E-state index is -0.215. The SMILES string of the molecule is CCOC(=O)[C@H]1CCCN(C(=O)c2cncc(Br)c2)C1. The third-order valence-electron chi connectivity index (χ3n) is 3.28. The summed E-state index contributed by atoms with van der Waals surface area (Å²) in [5.41, 5.74) is 0.531. The number of piperidine rings is 1. The molecule has 20 heavy (non-hydrogen) atoms. The molecule has 108 valence electrons. The van der Waals surface area contributed by atoms with Gasteiger partial charge in [-0.1, -0.05) is 0 Å². The Labute approximate surface area is 126 Å². The zero-order valence-corrected chi connectivity index (χ0v) is 12.9. The molecule has 1 aliphatic rings. The molecule has 1 atom stereocenters. The Morgan fingerprint density at radius 3 is 3.00 bits per heavy atom. The molecule has 2 rings (SSSR count). The van der Waals surface area contributed by atoms with Crippen molar-refractivity contribution in [2.45, 2.75) is 19.8 Å². The van der Waals surface area contributed by atoms with Crippen LogP contribution >= 0.6 is 15.9 Å². The van der Waals surface area contributed by atoms with Crippen molar-refractivity contribution >= 4 is 27.8 Å². The monoisotopic (exact) mass is 340 g/mol. The predicted molar refractivity (Wildman–Crippen MR) is 77.2 cm³/mol. The summed E-state index contributed by atoms with van der Waals surface area (Å²) in [5.74, 6) is -0.516. The standard InChI is InChI=1S/C14H17BrN2O3/c1-2-20-14(19)10-4-3-5-17(9-10)13(18)11-6-12(15)8-16-7-11/h6-8,10H,2-5,9H2,1H3/t10-/m0/s1. The van der Waals surface area contributed by atoms with Gasteiger partial charge < -0.3 is 9.64 Å². The molecule has 1 aromatic rings. The summed E-state index contributed by atoms with van der Waals surface area (Å²) >= 11 is 3.30. The maximum absolute atomic E-state index is 12.4. The number of hydrogen-bond acceptors (Lipinski definition) is 4. The number of ether oxygens (including phenoxy) is 1. The van der Waals surface area contributed by atoms with Crippen LogP contribution in [0.1, 0.15) is 30.1 Å². The van der Waals surface area contributed by atoms with Crippen LogP contribution in [0.25, 0.3) is 0 Å². The van der Waals surface area contributed by atoms with E-state index in [1.807, 2.05) is 0 Å². The van der Waals surface area contributed by atoms with Gasteiger partial charge in [-0.2, -0.15) is 0 Å².